The van der Waals surface area contributed by atoms with Crippen molar-refractivity contribution in [3.63, 3.8) is 0 Å². The molecule has 2 aliphatic carbocycles. The van der Waals surface area contributed by atoms with Gasteiger partial charge in [0.25, 0.3) is 0 Å². The van der Waals surface area contributed by atoms with Crippen LogP contribution in [0.4, 0.5) is 0 Å². The summed E-state index contributed by atoms with van der Waals surface area (Å²) in [5.41, 5.74) is 6.37. The van der Waals surface area contributed by atoms with Crippen LogP contribution in [0.25, 0.3) is 0 Å². The zero-order valence-electron chi connectivity index (χ0n) is 9.63. The minimum atomic E-state index is 0.484. The molecule has 0 radical (unpaired) electrons. The number of rotatable bonds is 5. The largest absolute Gasteiger partial charge is 0.330 e. The van der Waals surface area contributed by atoms with E-state index in [0.717, 1.165) is 18.5 Å². The van der Waals surface area contributed by atoms with E-state index in [4.69, 9.17) is 5.73 Å². The molecule has 0 bridgehead atoms. The monoisotopic (exact) mass is 196 g/mol. The van der Waals surface area contributed by atoms with E-state index < -0.39 is 0 Å². The van der Waals surface area contributed by atoms with Crippen LogP contribution in [0.5, 0.6) is 0 Å². The summed E-state index contributed by atoms with van der Waals surface area (Å²) >= 11 is 0. The summed E-state index contributed by atoms with van der Waals surface area (Å²) in [5, 5.41) is 0. The molecule has 2 nitrogen and oxygen atoms in total. The lowest BCUT2D eigenvalue weighted by Gasteiger charge is -2.45. The molecular formula is C12H24N2. The van der Waals surface area contributed by atoms with E-state index >= 15 is 0 Å². The first-order chi connectivity index (χ1) is 6.67. The summed E-state index contributed by atoms with van der Waals surface area (Å²) in [6.45, 7) is 4.48. The van der Waals surface area contributed by atoms with Crippen molar-refractivity contribution >= 4 is 0 Å². The van der Waals surface area contributed by atoms with E-state index in [0.29, 0.717) is 5.41 Å². The maximum Gasteiger partial charge on any atom is 0.00923 e. The summed E-state index contributed by atoms with van der Waals surface area (Å²) < 4.78 is 0. The van der Waals surface area contributed by atoms with Crippen LogP contribution in [0.1, 0.15) is 39.0 Å². The summed E-state index contributed by atoms with van der Waals surface area (Å²) in [4.78, 5) is 2.55. The third-order valence-electron chi connectivity index (χ3n) is 4.43. The van der Waals surface area contributed by atoms with Gasteiger partial charge in [-0.1, -0.05) is 6.42 Å². The zero-order chi connectivity index (χ0) is 10.2. The van der Waals surface area contributed by atoms with Gasteiger partial charge in [-0.2, -0.15) is 0 Å². The molecule has 2 saturated carbocycles. The second-order valence-electron chi connectivity index (χ2n) is 5.55. The topological polar surface area (TPSA) is 29.3 Å². The molecule has 82 valence electrons. The number of nitrogens with zero attached hydrogens (tertiary/aromatic N) is 1. The minimum absolute atomic E-state index is 0.484. The second-order valence-corrected chi connectivity index (χ2v) is 5.55. The van der Waals surface area contributed by atoms with Crippen LogP contribution in [-0.4, -0.2) is 31.1 Å². The van der Waals surface area contributed by atoms with Crippen LogP contribution in [0.15, 0.2) is 0 Å². The van der Waals surface area contributed by atoms with E-state index in [1.54, 1.807) is 0 Å². The fraction of sp³-hybridized carbons (Fsp3) is 1.00. The maximum absolute atomic E-state index is 5.88. The van der Waals surface area contributed by atoms with Crippen LogP contribution >= 0.6 is 0 Å². The van der Waals surface area contributed by atoms with Crippen molar-refractivity contribution < 1.29 is 0 Å². The molecule has 0 spiro atoms. The predicted octanol–water partition coefficient (Wildman–Crippen LogP) is 1.85. The SMILES string of the molecule is CC(C1CC1)N(C)CC1(CN)CCC1. The van der Waals surface area contributed by atoms with E-state index in [1.807, 2.05) is 0 Å². The van der Waals surface area contributed by atoms with E-state index in [2.05, 4.69) is 18.9 Å². The van der Waals surface area contributed by atoms with Crippen molar-refractivity contribution in [2.24, 2.45) is 17.1 Å². The Morgan fingerprint density at radius 2 is 2.07 bits per heavy atom. The molecule has 14 heavy (non-hydrogen) atoms. The Morgan fingerprint density at radius 3 is 2.43 bits per heavy atom. The zero-order valence-corrected chi connectivity index (χ0v) is 9.63. The van der Waals surface area contributed by atoms with Gasteiger partial charge in [0, 0.05) is 12.6 Å². The first-order valence-electron chi connectivity index (χ1n) is 6.07. The summed E-state index contributed by atoms with van der Waals surface area (Å²) in [7, 11) is 2.28. The molecule has 0 amide bonds. The quantitative estimate of drug-likeness (QED) is 0.727. The van der Waals surface area contributed by atoms with Crippen molar-refractivity contribution in [2.45, 2.75) is 45.1 Å². The Morgan fingerprint density at radius 1 is 1.43 bits per heavy atom. The molecule has 0 aliphatic heterocycles. The highest BCUT2D eigenvalue weighted by molar-refractivity contribution is 4.93. The molecule has 1 atom stereocenters. The normalized spacial score (nSPS) is 27.4. The molecular weight excluding hydrogens is 172 g/mol. The summed E-state index contributed by atoms with van der Waals surface area (Å²) in [6.07, 6.45) is 6.99. The number of hydrogen-bond donors (Lipinski definition) is 1. The van der Waals surface area contributed by atoms with Crippen LogP contribution in [-0.2, 0) is 0 Å². The smallest absolute Gasteiger partial charge is 0.00923 e. The highest BCUT2D eigenvalue weighted by Crippen LogP contribution is 2.42. The van der Waals surface area contributed by atoms with E-state index in [1.165, 1.54) is 38.6 Å². The number of nitrogens with two attached hydrogens (primary N) is 1. The Hall–Kier alpha value is -0.0800. The van der Waals surface area contributed by atoms with Gasteiger partial charge in [0.15, 0.2) is 0 Å². The third-order valence-corrected chi connectivity index (χ3v) is 4.43. The highest BCUT2D eigenvalue weighted by Gasteiger charge is 2.39. The van der Waals surface area contributed by atoms with Gasteiger partial charge in [0.2, 0.25) is 0 Å². The molecule has 2 rings (SSSR count). The van der Waals surface area contributed by atoms with Crippen molar-refractivity contribution in [2.75, 3.05) is 20.1 Å². The fourth-order valence-electron chi connectivity index (χ4n) is 2.72. The highest BCUT2D eigenvalue weighted by atomic mass is 15.1. The maximum atomic E-state index is 5.88. The second kappa shape index (κ2) is 3.82. The molecule has 2 fully saturated rings. The van der Waals surface area contributed by atoms with Gasteiger partial charge >= 0.3 is 0 Å². The standard InChI is InChI=1S/C12H24N2/c1-10(11-4-5-11)14(2)9-12(8-13)6-3-7-12/h10-11H,3-9,13H2,1-2H3. The Balaban J connectivity index is 1.82. The van der Waals surface area contributed by atoms with Gasteiger partial charge in [-0.15, -0.1) is 0 Å². The van der Waals surface area contributed by atoms with Gasteiger partial charge in [-0.3, -0.25) is 0 Å². The van der Waals surface area contributed by atoms with Crippen molar-refractivity contribution in [1.82, 2.24) is 4.90 Å². The van der Waals surface area contributed by atoms with Crippen molar-refractivity contribution in [1.29, 1.82) is 0 Å². The van der Waals surface area contributed by atoms with Crippen LogP contribution in [0, 0.1) is 11.3 Å². The van der Waals surface area contributed by atoms with Gasteiger partial charge in [-0.05, 0) is 57.5 Å². The Bertz CT molecular complexity index is 189. The van der Waals surface area contributed by atoms with Gasteiger partial charge in [-0.25, -0.2) is 0 Å². The Kier molecular flexibility index (Phi) is 2.85. The lowest BCUT2D eigenvalue weighted by Crippen LogP contribution is -2.48. The molecule has 0 aromatic heterocycles. The third kappa shape index (κ3) is 1.96. The number of hydrogen-bond acceptors (Lipinski definition) is 2. The molecule has 2 N–H and O–H groups in total. The summed E-state index contributed by atoms with van der Waals surface area (Å²) in [6, 6.07) is 0.777. The van der Waals surface area contributed by atoms with Crippen LogP contribution in [0.2, 0.25) is 0 Å². The van der Waals surface area contributed by atoms with Gasteiger partial charge < -0.3 is 10.6 Å². The van der Waals surface area contributed by atoms with E-state index in [-0.39, 0.29) is 0 Å². The molecule has 0 aromatic carbocycles. The van der Waals surface area contributed by atoms with Gasteiger partial charge in [0.05, 0.1) is 0 Å². The fourth-order valence-corrected chi connectivity index (χ4v) is 2.72. The first-order valence-corrected chi connectivity index (χ1v) is 6.07. The lowest BCUT2D eigenvalue weighted by molar-refractivity contribution is 0.0657. The Labute approximate surface area is 87.8 Å². The summed E-state index contributed by atoms with van der Waals surface area (Å²) in [5.74, 6) is 0.981. The molecule has 2 aliphatic rings. The predicted molar refractivity (Wildman–Crippen MR) is 60.2 cm³/mol. The average molecular weight is 196 g/mol. The van der Waals surface area contributed by atoms with E-state index in [9.17, 15) is 0 Å². The lowest BCUT2D eigenvalue weighted by atomic mass is 9.68. The van der Waals surface area contributed by atoms with Gasteiger partial charge in [0.1, 0.15) is 0 Å². The molecule has 0 heterocycles. The molecule has 0 aromatic rings. The minimum Gasteiger partial charge on any atom is -0.330 e. The van der Waals surface area contributed by atoms with Crippen molar-refractivity contribution in [3.8, 4) is 0 Å². The molecule has 0 saturated heterocycles. The van der Waals surface area contributed by atoms with Crippen molar-refractivity contribution in [3.05, 3.63) is 0 Å². The average Bonchev–Trinajstić information content (AvgIpc) is 2.92. The van der Waals surface area contributed by atoms with Crippen LogP contribution in [0.3, 0.4) is 0 Å². The molecule has 1 unspecified atom stereocenters. The first kappa shape index (κ1) is 10.4. The molecule has 2 heteroatoms. The van der Waals surface area contributed by atoms with Crippen LogP contribution < -0.4 is 5.73 Å².